The average Bonchev–Trinajstić information content (AvgIpc) is 2.68. The van der Waals surface area contributed by atoms with Crippen molar-refractivity contribution in [1.82, 2.24) is 4.57 Å². The van der Waals surface area contributed by atoms with Gasteiger partial charge in [0.2, 0.25) is 0 Å². The van der Waals surface area contributed by atoms with Crippen molar-refractivity contribution in [3.05, 3.63) is 58.9 Å². The smallest absolute Gasteiger partial charge is 0.176 e. The Morgan fingerprint density at radius 2 is 1.94 bits per heavy atom. The number of hydrogen-bond acceptors (Lipinski definition) is 2. The van der Waals surface area contributed by atoms with Gasteiger partial charge in [0.25, 0.3) is 0 Å². The van der Waals surface area contributed by atoms with Crippen LogP contribution in [0.3, 0.4) is 0 Å². The molecule has 1 aromatic heterocycles. The summed E-state index contributed by atoms with van der Waals surface area (Å²) in [4.78, 5) is 22.5. The van der Waals surface area contributed by atoms with E-state index in [0.29, 0.717) is 17.8 Å². The molecular weight excluding hydrogens is 226 g/mol. The fraction of sp³-hybridized carbons (Fsp3) is 0.200. The van der Waals surface area contributed by atoms with Crippen LogP contribution < -0.4 is 0 Å². The van der Waals surface area contributed by atoms with Gasteiger partial charge in [-0.3, -0.25) is 9.59 Å². The van der Waals surface area contributed by atoms with Gasteiger partial charge in [0.05, 0.1) is 5.69 Å². The van der Waals surface area contributed by atoms with Crippen molar-refractivity contribution in [3.63, 3.8) is 0 Å². The zero-order valence-corrected chi connectivity index (χ0v) is 10.5. The van der Waals surface area contributed by atoms with Gasteiger partial charge < -0.3 is 4.57 Å². The van der Waals surface area contributed by atoms with Crippen LogP contribution in [0.15, 0.2) is 36.4 Å². The average molecular weight is 241 g/mol. The topological polar surface area (TPSA) is 39.1 Å². The van der Waals surface area contributed by atoms with Crippen LogP contribution in [0.25, 0.3) is 0 Å². The molecule has 18 heavy (non-hydrogen) atoms. The van der Waals surface area contributed by atoms with Gasteiger partial charge in [-0.1, -0.05) is 30.3 Å². The molecule has 2 aromatic rings. The molecule has 0 unspecified atom stereocenters. The van der Waals surface area contributed by atoms with Crippen LogP contribution in [0.2, 0.25) is 0 Å². The molecule has 1 heterocycles. The van der Waals surface area contributed by atoms with E-state index in [4.69, 9.17) is 0 Å². The normalized spacial score (nSPS) is 10.3. The van der Waals surface area contributed by atoms with E-state index in [0.717, 1.165) is 17.5 Å². The molecule has 0 bridgehead atoms. The summed E-state index contributed by atoms with van der Waals surface area (Å²) in [5.41, 5.74) is 3.10. The van der Waals surface area contributed by atoms with E-state index in [1.165, 1.54) is 6.92 Å². The standard InChI is InChI=1S/C15H15NO2/c1-11-14(10-17)8-15(12(2)18)16(11)9-13-6-4-3-5-7-13/h3-8,10H,9H2,1-2H3. The molecule has 0 aliphatic heterocycles. The summed E-state index contributed by atoms with van der Waals surface area (Å²) in [5.74, 6) is -0.0258. The number of rotatable bonds is 4. The van der Waals surface area contributed by atoms with Gasteiger partial charge in [0.15, 0.2) is 12.1 Å². The quantitative estimate of drug-likeness (QED) is 0.610. The lowest BCUT2D eigenvalue weighted by atomic mass is 10.2. The highest BCUT2D eigenvalue weighted by Gasteiger charge is 2.14. The van der Waals surface area contributed by atoms with Crippen molar-refractivity contribution in [2.24, 2.45) is 0 Å². The fourth-order valence-electron chi connectivity index (χ4n) is 2.05. The molecule has 0 aliphatic rings. The number of hydrogen-bond donors (Lipinski definition) is 0. The number of aromatic nitrogens is 1. The molecule has 0 atom stereocenters. The predicted octanol–water partition coefficient (Wildman–Crippen LogP) is 2.86. The number of aldehydes is 1. The second kappa shape index (κ2) is 5.00. The second-order valence-electron chi connectivity index (χ2n) is 4.32. The lowest BCUT2D eigenvalue weighted by Gasteiger charge is -2.10. The Hall–Kier alpha value is -2.16. The Bertz CT molecular complexity index is 582. The third-order valence-electron chi connectivity index (χ3n) is 3.08. The molecule has 0 radical (unpaired) electrons. The number of nitrogens with zero attached hydrogens (tertiary/aromatic N) is 1. The molecule has 3 nitrogen and oxygen atoms in total. The molecule has 0 spiro atoms. The van der Waals surface area contributed by atoms with Crippen LogP contribution in [-0.4, -0.2) is 16.6 Å². The van der Waals surface area contributed by atoms with Crippen LogP contribution in [0.4, 0.5) is 0 Å². The minimum atomic E-state index is -0.0258. The Kier molecular flexibility index (Phi) is 3.42. The van der Waals surface area contributed by atoms with E-state index in [2.05, 4.69) is 0 Å². The summed E-state index contributed by atoms with van der Waals surface area (Å²) in [6.45, 7) is 3.99. The molecule has 3 heteroatoms. The molecule has 0 aliphatic carbocycles. The molecule has 0 saturated carbocycles. The number of benzene rings is 1. The van der Waals surface area contributed by atoms with E-state index < -0.39 is 0 Å². The summed E-state index contributed by atoms with van der Waals surface area (Å²) < 4.78 is 1.89. The largest absolute Gasteiger partial charge is 0.337 e. The van der Waals surface area contributed by atoms with Gasteiger partial charge >= 0.3 is 0 Å². The highest BCUT2D eigenvalue weighted by atomic mass is 16.1. The zero-order valence-electron chi connectivity index (χ0n) is 10.5. The first kappa shape index (κ1) is 12.3. The Labute approximate surface area is 106 Å². The molecular formula is C15H15NO2. The summed E-state index contributed by atoms with van der Waals surface area (Å²) in [6, 6.07) is 11.5. The summed E-state index contributed by atoms with van der Waals surface area (Å²) in [6.07, 6.45) is 0.795. The van der Waals surface area contributed by atoms with Gasteiger partial charge in [0.1, 0.15) is 0 Å². The van der Waals surface area contributed by atoms with E-state index in [1.807, 2.05) is 41.8 Å². The lowest BCUT2D eigenvalue weighted by Crippen LogP contribution is -2.09. The SMILES string of the molecule is CC(=O)c1cc(C=O)c(C)n1Cc1ccccc1. The van der Waals surface area contributed by atoms with Crippen molar-refractivity contribution >= 4 is 12.1 Å². The molecule has 0 amide bonds. The minimum absolute atomic E-state index is 0.0258. The first-order valence-electron chi connectivity index (χ1n) is 5.83. The third-order valence-corrected chi connectivity index (χ3v) is 3.08. The van der Waals surface area contributed by atoms with Crippen LogP contribution in [0, 0.1) is 6.92 Å². The lowest BCUT2D eigenvalue weighted by molar-refractivity contribution is 0.100. The van der Waals surface area contributed by atoms with Crippen LogP contribution >= 0.6 is 0 Å². The van der Waals surface area contributed by atoms with Gasteiger partial charge in [-0.25, -0.2) is 0 Å². The number of Topliss-reactive ketones (excluding diaryl/α,β-unsaturated/α-hetero) is 1. The first-order valence-corrected chi connectivity index (χ1v) is 5.83. The highest BCUT2D eigenvalue weighted by molar-refractivity contribution is 5.95. The number of ketones is 1. The molecule has 2 rings (SSSR count). The number of carbonyl (C=O) groups excluding carboxylic acids is 2. The fourth-order valence-corrected chi connectivity index (χ4v) is 2.05. The minimum Gasteiger partial charge on any atom is -0.337 e. The van der Waals surface area contributed by atoms with E-state index in [9.17, 15) is 9.59 Å². The van der Waals surface area contributed by atoms with Crippen molar-refractivity contribution in [1.29, 1.82) is 0 Å². The molecule has 92 valence electrons. The van der Waals surface area contributed by atoms with Crippen LogP contribution in [0.5, 0.6) is 0 Å². The van der Waals surface area contributed by atoms with Crippen molar-refractivity contribution in [2.45, 2.75) is 20.4 Å². The van der Waals surface area contributed by atoms with Gasteiger partial charge in [-0.15, -0.1) is 0 Å². The molecule has 0 fully saturated rings. The monoisotopic (exact) mass is 241 g/mol. The summed E-state index contributed by atoms with van der Waals surface area (Å²) in [7, 11) is 0. The molecule has 1 aromatic carbocycles. The third kappa shape index (κ3) is 2.25. The Morgan fingerprint density at radius 3 is 2.50 bits per heavy atom. The van der Waals surface area contributed by atoms with Crippen molar-refractivity contribution in [3.8, 4) is 0 Å². The van der Waals surface area contributed by atoms with E-state index in [-0.39, 0.29) is 5.78 Å². The van der Waals surface area contributed by atoms with Crippen LogP contribution in [0.1, 0.15) is 39.0 Å². The molecule has 0 saturated heterocycles. The highest BCUT2D eigenvalue weighted by Crippen LogP contribution is 2.16. The first-order chi connectivity index (χ1) is 8.63. The summed E-state index contributed by atoms with van der Waals surface area (Å²) >= 11 is 0. The maximum atomic E-state index is 11.6. The second-order valence-corrected chi connectivity index (χ2v) is 4.32. The molecule has 0 N–H and O–H groups in total. The number of carbonyl (C=O) groups is 2. The van der Waals surface area contributed by atoms with Gasteiger partial charge in [-0.2, -0.15) is 0 Å². The van der Waals surface area contributed by atoms with Crippen molar-refractivity contribution in [2.75, 3.05) is 0 Å². The van der Waals surface area contributed by atoms with E-state index in [1.54, 1.807) is 6.07 Å². The van der Waals surface area contributed by atoms with Crippen LogP contribution in [-0.2, 0) is 6.54 Å². The predicted molar refractivity (Wildman–Crippen MR) is 70.1 cm³/mol. The maximum Gasteiger partial charge on any atom is 0.176 e. The zero-order chi connectivity index (χ0) is 13.1. The van der Waals surface area contributed by atoms with Gasteiger partial charge in [-0.05, 0) is 18.6 Å². The maximum absolute atomic E-state index is 11.6. The van der Waals surface area contributed by atoms with Gasteiger partial charge in [0, 0.05) is 24.7 Å². The summed E-state index contributed by atoms with van der Waals surface area (Å²) in [5, 5.41) is 0. The Morgan fingerprint density at radius 1 is 1.28 bits per heavy atom. The van der Waals surface area contributed by atoms with Crippen molar-refractivity contribution < 1.29 is 9.59 Å². The Balaban J connectivity index is 2.46. The van der Waals surface area contributed by atoms with E-state index >= 15 is 0 Å².